The molecule has 1 unspecified atom stereocenters. The van der Waals surface area contributed by atoms with Crippen LogP contribution in [0.2, 0.25) is 0 Å². The predicted molar refractivity (Wildman–Crippen MR) is 59.1 cm³/mol. The Kier molecular flexibility index (Phi) is 2.95. The van der Waals surface area contributed by atoms with Crippen molar-refractivity contribution in [2.45, 2.75) is 19.9 Å². The van der Waals surface area contributed by atoms with Gasteiger partial charge in [-0.3, -0.25) is 4.79 Å². The van der Waals surface area contributed by atoms with Gasteiger partial charge in [0, 0.05) is 4.88 Å². The molecule has 0 aliphatic rings. The van der Waals surface area contributed by atoms with Crippen molar-refractivity contribution < 1.29 is 4.79 Å². The minimum absolute atomic E-state index is 0.115. The minimum Gasteiger partial charge on any atom is -0.341 e. The summed E-state index contributed by atoms with van der Waals surface area (Å²) in [5.41, 5.74) is 0. The SMILES string of the molecule is Cc1ccc(C(=O)NC(C)c2nn[nH]n2)s1. The number of carbonyl (C=O) groups is 1. The van der Waals surface area contributed by atoms with Crippen molar-refractivity contribution in [1.82, 2.24) is 25.9 Å². The Hall–Kier alpha value is -1.76. The van der Waals surface area contributed by atoms with Crippen LogP contribution in [-0.2, 0) is 0 Å². The fraction of sp³-hybridized carbons (Fsp3) is 0.333. The van der Waals surface area contributed by atoms with E-state index in [1.165, 1.54) is 11.3 Å². The smallest absolute Gasteiger partial charge is 0.261 e. The second-order valence-corrected chi connectivity index (χ2v) is 4.66. The lowest BCUT2D eigenvalue weighted by Gasteiger charge is -2.08. The summed E-state index contributed by atoms with van der Waals surface area (Å²) in [5, 5.41) is 16.2. The molecule has 0 bridgehead atoms. The van der Waals surface area contributed by atoms with E-state index in [1.807, 2.05) is 19.9 Å². The number of rotatable bonds is 3. The standard InChI is InChI=1S/C9H11N5OS/c1-5-3-4-7(16-5)9(15)10-6(2)8-11-13-14-12-8/h3-4,6H,1-2H3,(H,10,15)(H,11,12,13,14). The zero-order chi connectivity index (χ0) is 11.5. The van der Waals surface area contributed by atoms with Gasteiger partial charge in [0.1, 0.15) is 0 Å². The molecule has 84 valence electrons. The number of nitrogens with zero attached hydrogens (tertiary/aromatic N) is 3. The molecule has 2 N–H and O–H groups in total. The molecular formula is C9H11N5OS. The predicted octanol–water partition coefficient (Wildman–Crippen LogP) is 1.06. The molecule has 0 saturated heterocycles. The van der Waals surface area contributed by atoms with E-state index in [4.69, 9.17) is 0 Å². The molecule has 2 heterocycles. The summed E-state index contributed by atoms with van der Waals surface area (Å²) in [6.07, 6.45) is 0. The molecule has 1 atom stereocenters. The molecule has 0 aliphatic heterocycles. The first-order valence-electron chi connectivity index (χ1n) is 4.77. The largest absolute Gasteiger partial charge is 0.341 e. The van der Waals surface area contributed by atoms with Crippen molar-refractivity contribution in [2.75, 3.05) is 0 Å². The number of hydrogen-bond donors (Lipinski definition) is 2. The maximum absolute atomic E-state index is 11.8. The lowest BCUT2D eigenvalue weighted by atomic mass is 10.3. The first-order valence-corrected chi connectivity index (χ1v) is 5.59. The highest BCUT2D eigenvalue weighted by Crippen LogP contribution is 2.16. The molecule has 1 amide bonds. The highest BCUT2D eigenvalue weighted by Gasteiger charge is 2.15. The van der Waals surface area contributed by atoms with Crippen molar-refractivity contribution in [1.29, 1.82) is 0 Å². The van der Waals surface area contributed by atoms with Crippen LogP contribution in [0.5, 0.6) is 0 Å². The molecule has 16 heavy (non-hydrogen) atoms. The van der Waals surface area contributed by atoms with Gasteiger partial charge in [-0.05, 0) is 26.0 Å². The van der Waals surface area contributed by atoms with Crippen molar-refractivity contribution in [3.05, 3.63) is 27.7 Å². The van der Waals surface area contributed by atoms with Crippen LogP contribution in [0.3, 0.4) is 0 Å². The number of carbonyl (C=O) groups excluding carboxylic acids is 1. The van der Waals surface area contributed by atoms with Gasteiger partial charge >= 0.3 is 0 Å². The maximum Gasteiger partial charge on any atom is 0.261 e. The van der Waals surface area contributed by atoms with Crippen LogP contribution >= 0.6 is 11.3 Å². The molecule has 0 aromatic carbocycles. The van der Waals surface area contributed by atoms with Gasteiger partial charge in [0.05, 0.1) is 10.9 Å². The molecule has 0 saturated carbocycles. The van der Waals surface area contributed by atoms with Crippen molar-refractivity contribution >= 4 is 17.2 Å². The van der Waals surface area contributed by atoms with Gasteiger partial charge in [0.15, 0.2) is 5.82 Å². The van der Waals surface area contributed by atoms with Crippen LogP contribution in [0, 0.1) is 6.92 Å². The molecule has 7 heteroatoms. The minimum atomic E-state index is -0.256. The van der Waals surface area contributed by atoms with Crippen molar-refractivity contribution in [3.63, 3.8) is 0 Å². The second kappa shape index (κ2) is 4.40. The highest BCUT2D eigenvalue weighted by molar-refractivity contribution is 7.13. The normalized spacial score (nSPS) is 12.4. The van der Waals surface area contributed by atoms with E-state index in [-0.39, 0.29) is 11.9 Å². The number of aromatic nitrogens is 4. The quantitative estimate of drug-likeness (QED) is 0.836. The lowest BCUT2D eigenvalue weighted by Crippen LogP contribution is -2.26. The molecule has 2 aromatic rings. The molecular weight excluding hydrogens is 226 g/mol. The van der Waals surface area contributed by atoms with Gasteiger partial charge < -0.3 is 5.32 Å². The second-order valence-electron chi connectivity index (χ2n) is 3.38. The zero-order valence-electron chi connectivity index (χ0n) is 8.89. The number of tetrazole rings is 1. The number of aryl methyl sites for hydroxylation is 1. The molecule has 2 rings (SSSR count). The van der Waals surface area contributed by atoms with E-state index in [0.717, 1.165) is 4.88 Å². The van der Waals surface area contributed by atoms with Crippen LogP contribution in [0.25, 0.3) is 0 Å². The third-order valence-electron chi connectivity index (χ3n) is 2.06. The molecule has 6 nitrogen and oxygen atoms in total. The van der Waals surface area contributed by atoms with Crippen LogP contribution < -0.4 is 5.32 Å². The topological polar surface area (TPSA) is 83.6 Å². The van der Waals surface area contributed by atoms with Crippen molar-refractivity contribution in [3.8, 4) is 0 Å². The fourth-order valence-electron chi connectivity index (χ4n) is 1.24. The molecule has 2 aromatic heterocycles. The summed E-state index contributed by atoms with van der Waals surface area (Å²) in [7, 11) is 0. The van der Waals surface area contributed by atoms with Crippen LogP contribution in [0.15, 0.2) is 12.1 Å². The maximum atomic E-state index is 11.8. The third-order valence-corrected chi connectivity index (χ3v) is 3.06. The van der Waals surface area contributed by atoms with E-state index in [0.29, 0.717) is 10.7 Å². The number of thiophene rings is 1. The van der Waals surface area contributed by atoms with Crippen molar-refractivity contribution in [2.24, 2.45) is 0 Å². The highest BCUT2D eigenvalue weighted by atomic mass is 32.1. The molecule has 0 spiro atoms. The Morgan fingerprint density at radius 2 is 2.38 bits per heavy atom. The average Bonchev–Trinajstić information content (AvgIpc) is 2.87. The molecule has 0 fully saturated rings. The lowest BCUT2D eigenvalue weighted by molar-refractivity contribution is 0.0942. The summed E-state index contributed by atoms with van der Waals surface area (Å²) < 4.78 is 0. The summed E-state index contributed by atoms with van der Waals surface area (Å²) in [6, 6.07) is 3.46. The summed E-state index contributed by atoms with van der Waals surface area (Å²) >= 11 is 1.46. The number of H-pyrrole nitrogens is 1. The van der Waals surface area contributed by atoms with E-state index < -0.39 is 0 Å². The molecule has 0 aliphatic carbocycles. The Morgan fingerprint density at radius 3 is 2.94 bits per heavy atom. The van der Waals surface area contributed by atoms with Crippen LogP contribution in [-0.4, -0.2) is 26.5 Å². The fourth-order valence-corrected chi connectivity index (χ4v) is 2.01. The van der Waals surface area contributed by atoms with Crippen LogP contribution in [0.1, 0.15) is 33.3 Å². The Labute approximate surface area is 96.1 Å². The monoisotopic (exact) mass is 237 g/mol. The van der Waals surface area contributed by atoms with E-state index in [9.17, 15) is 4.79 Å². The van der Waals surface area contributed by atoms with E-state index >= 15 is 0 Å². The van der Waals surface area contributed by atoms with Gasteiger partial charge in [-0.15, -0.1) is 21.5 Å². The van der Waals surface area contributed by atoms with Crippen LogP contribution in [0.4, 0.5) is 0 Å². The summed E-state index contributed by atoms with van der Waals surface area (Å²) in [4.78, 5) is 13.6. The summed E-state index contributed by atoms with van der Waals surface area (Å²) in [5.74, 6) is 0.358. The van der Waals surface area contributed by atoms with Gasteiger partial charge in [-0.25, -0.2) is 0 Å². The van der Waals surface area contributed by atoms with E-state index in [2.05, 4.69) is 25.9 Å². The zero-order valence-corrected chi connectivity index (χ0v) is 9.71. The number of aromatic amines is 1. The summed E-state index contributed by atoms with van der Waals surface area (Å²) in [6.45, 7) is 3.77. The Morgan fingerprint density at radius 1 is 1.56 bits per heavy atom. The number of amides is 1. The number of nitrogens with one attached hydrogen (secondary N) is 2. The molecule has 0 radical (unpaired) electrons. The Bertz CT molecular complexity index is 478. The third kappa shape index (κ3) is 2.25. The van der Waals surface area contributed by atoms with Gasteiger partial charge in [-0.1, -0.05) is 5.21 Å². The average molecular weight is 237 g/mol. The first-order chi connectivity index (χ1) is 7.66. The van der Waals surface area contributed by atoms with Gasteiger partial charge in [-0.2, -0.15) is 5.21 Å². The number of hydrogen-bond acceptors (Lipinski definition) is 5. The first kappa shape index (κ1) is 10.7. The Balaban J connectivity index is 2.03. The van der Waals surface area contributed by atoms with E-state index in [1.54, 1.807) is 6.07 Å². The van der Waals surface area contributed by atoms with Gasteiger partial charge in [0.25, 0.3) is 5.91 Å². The van der Waals surface area contributed by atoms with Gasteiger partial charge in [0.2, 0.25) is 0 Å².